The number of urea groups is 1. The summed E-state index contributed by atoms with van der Waals surface area (Å²) in [4.78, 5) is 180. The number of unbranched alkanes of at least 4 members (excludes halogenated alkanes) is 2. The van der Waals surface area contributed by atoms with Crippen molar-refractivity contribution in [2.24, 2.45) is 35.3 Å². The third kappa shape index (κ3) is 30.5. The van der Waals surface area contributed by atoms with Gasteiger partial charge in [-0.05, 0) is 135 Å². The van der Waals surface area contributed by atoms with Gasteiger partial charge in [-0.15, -0.1) is 0 Å². The van der Waals surface area contributed by atoms with Crippen LogP contribution in [0.25, 0.3) is 0 Å². The van der Waals surface area contributed by atoms with Crippen LogP contribution in [0.4, 0.5) is 26.7 Å². The molecule has 3 unspecified atom stereocenters. The molecule has 668 valence electrons. The van der Waals surface area contributed by atoms with Gasteiger partial charge >= 0.3 is 12.1 Å². The Bertz CT molecular complexity index is 4230. The number of aliphatic hydroxyl groups is 1. The number of ether oxygens (including phenoxy) is 3. The number of aliphatic hydroxyl groups excluding tert-OH is 1. The van der Waals surface area contributed by atoms with E-state index in [1.165, 1.54) is 38.3 Å². The molecule has 1 aliphatic rings. The highest BCUT2D eigenvalue weighted by atomic mass is 79.9. The lowest BCUT2D eigenvalue weighted by Crippen LogP contribution is -2.60. The Hall–Kier alpha value is -9.00. The molecule has 2 aromatic heterocycles. The Morgan fingerprint density at radius 3 is 1.66 bits per heavy atom. The fraction of sp³-hybridized carbons (Fsp3) is 0.540. The lowest BCUT2D eigenvalue weighted by molar-refractivity contribution is -0.148. The summed E-state index contributed by atoms with van der Waals surface area (Å²) < 4.78 is 17.8. The first-order valence-electron chi connectivity index (χ1n) is 41.2. The molecule has 3 heterocycles. The summed E-state index contributed by atoms with van der Waals surface area (Å²) in [6.45, 7) is 18.5. The predicted octanol–water partition coefficient (Wildman–Crippen LogP) is 11.5. The van der Waals surface area contributed by atoms with Gasteiger partial charge in [0.15, 0.2) is 0 Å². The topological polar surface area (TPSA) is 423 Å². The van der Waals surface area contributed by atoms with Crippen LogP contribution in [0.3, 0.4) is 0 Å². The number of nitrogens with one attached hydrogen (secondary N) is 9. The second kappa shape index (κ2) is 50.7. The van der Waals surface area contributed by atoms with Crippen LogP contribution in [-0.2, 0) is 75.7 Å². The standard InChI is InChI=1S/C87H121Br4N15O16/c1-15-52(8)75(69(120-13)43-71(108)106-35-23-27-68(106)77(121-14)53(9)78(110)95-54(10)76(109)56-24-18-16-19-25-56)104(11)85(117)73(50(4)5)103-84(116)74(51(6)7)105(12)87(119)122-48-55-29-31-60(32-30-55)98-82(114)67(26-22-34-94-86(92)118)101-83(115)72(49(2)3)102-70(107)28-20-17-21-33-93-79(111)57-36-61(99-80(112)58-38-63(44-88)96-64(39-58)45-89)42-62(37-57)100-81(113)59-40-65(46-90)97-66(41-59)47-91/h16,18-19,24-25,29-32,36-42,49-54,67-69,72-77,109H,15,17,20-23,26-28,33-35,43-48H2,1-14H3,(H,93,111)(H,95,110)(H,98,114)(H,99,112)(H,100,113)(H,101,115)(H,102,107)(H,103,116)(H3,92,94,118)/t52-,53+,54+,67?,68-,69+,72-,73-,74?,75?,76+,77+/m0/s1. The molecule has 122 heavy (non-hydrogen) atoms. The SMILES string of the molecule is CC[C@H](C)C([C@@H](CC(=O)N1CCC[C@H]1[C@H](OC)[C@@H](C)C(=O)N[C@H](C)[C@@H](O)c1ccccc1)OC)N(C)C(=O)[C@@H](NC(=O)C(C(C)C)N(C)C(=O)OCc1ccc(NC(=O)C(CCCNC(N)=O)NC(=O)[C@@H](NC(=O)CCCCCNC(=O)c2cc(NC(=O)c3cc(CBr)nc(CBr)c3)cc(NC(=O)c3cc(CBr)nc(CBr)c3)c2)C(C)C)cc1)C(C)C. The molecule has 13 amide bonds. The molecule has 12 N–H and O–H groups in total. The first-order chi connectivity index (χ1) is 58.0. The average Bonchev–Trinajstić information content (AvgIpc) is 1.51. The molecule has 1 aliphatic heterocycles. The zero-order valence-corrected chi connectivity index (χ0v) is 78.4. The first kappa shape index (κ1) is 102. The number of anilines is 3. The number of nitrogens with zero attached hydrogens (tertiary/aromatic N) is 5. The van der Waals surface area contributed by atoms with E-state index in [1.54, 1.807) is 139 Å². The number of likely N-dealkylation sites (tertiary alicyclic amines) is 1. The molecule has 0 aliphatic carbocycles. The van der Waals surface area contributed by atoms with Gasteiger partial charge in [-0.1, -0.05) is 181 Å². The van der Waals surface area contributed by atoms with Crippen molar-refractivity contribution in [1.82, 2.24) is 56.6 Å². The van der Waals surface area contributed by atoms with Gasteiger partial charge in [-0.25, -0.2) is 9.59 Å². The average molecular weight is 1950 g/mol. The molecule has 0 spiro atoms. The van der Waals surface area contributed by atoms with Crippen LogP contribution in [0.5, 0.6) is 0 Å². The molecule has 12 atom stereocenters. The number of nitrogens with two attached hydrogens (primary N) is 1. The maximum absolute atomic E-state index is 14.9. The summed E-state index contributed by atoms with van der Waals surface area (Å²) in [5, 5.41) is 38.0. The van der Waals surface area contributed by atoms with E-state index in [2.05, 4.69) is 122 Å². The van der Waals surface area contributed by atoms with E-state index < -0.39 is 144 Å². The summed E-state index contributed by atoms with van der Waals surface area (Å²) >= 11 is 13.6. The fourth-order valence-corrected chi connectivity index (χ4v) is 15.9. The quantitative estimate of drug-likeness (QED) is 0.0127. The number of amides is 13. The maximum Gasteiger partial charge on any atom is 0.410 e. The van der Waals surface area contributed by atoms with Crippen LogP contribution < -0.4 is 53.6 Å². The minimum absolute atomic E-state index is 0.0265. The molecule has 1 fully saturated rings. The van der Waals surface area contributed by atoms with Gasteiger partial charge in [-0.3, -0.25) is 62.8 Å². The van der Waals surface area contributed by atoms with E-state index in [4.69, 9.17) is 19.9 Å². The van der Waals surface area contributed by atoms with E-state index in [0.717, 1.165) is 0 Å². The molecule has 5 aromatic rings. The predicted molar refractivity (Wildman–Crippen MR) is 481 cm³/mol. The van der Waals surface area contributed by atoms with E-state index >= 15 is 0 Å². The van der Waals surface area contributed by atoms with Crippen LogP contribution in [0, 0.1) is 29.6 Å². The number of likely N-dealkylation sites (N-methyl/N-ethyl adjacent to an activating group) is 2. The zero-order valence-electron chi connectivity index (χ0n) is 72.0. The second-order valence-corrected chi connectivity index (χ2v) is 34.0. The maximum atomic E-state index is 14.9. The van der Waals surface area contributed by atoms with Crippen molar-refractivity contribution in [3.8, 4) is 0 Å². The number of carbonyl (C=O) groups is 12. The van der Waals surface area contributed by atoms with Crippen LogP contribution in [-0.4, -0.2) is 203 Å². The monoisotopic (exact) mass is 1950 g/mol. The highest BCUT2D eigenvalue weighted by molar-refractivity contribution is 9.09. The normalized spacial score (nSPS) is 15.3. The Morgan fingerprint density at radius 2 is 1.14 bits per heavy atom. The van der Waals surface area contributed by atoms with E-state index in [0.29, 0.717) is 117 Å². The number of pyridine rings is 2. The number of aromatic nitrogens is 2. The van der Waals surface area contributed by atoms with Crippen LogP contribution in [0.2, 0.25) is 0 Å². The van der Waals surface area contributed by atoms with Crippen molar-refractivity contribution >= 4 is 152 Å². The molecule has 6 rings (SSSR count). The van der Waals surface area contributed by atoms with E-state index in [-0.39, 0.29) is 80.1 Å². The molecule has 0 saturated carbocycles. The van der Waals surface area contributed by atoms with Gasteiger partial charge in [-0.2, -0.15) is 0 Å². The lowest BCUT2D eigenvalue weighted by Gasteiger charge is -2.41. The smallest absolute Gasteiger partial charge is 0.410 e. The van der Waals surface area contributed by atoms with Crippen molar-refractivity contribution < 1.29 is 76.9 Å². The van der Waals surface area contributed by atoms with Gasteiger partial charge in [0.1, 0.15) is 30.8 Å². The minimum Gasteiger partial charge on any atom is -0.445 e. The van der Waals surface area contributed by atoms with E-state index in [9.17, 15) is 62.6 Å². The molecule has 0 bridgehead atoms. The minimum atomic E-state index is -1.16. The van der Waals surface area contributed by atoms with Gasteiger partial charge in [0, 0.05) is 109 Å². The fourth-order valence-electron chi connectivity index (χ4n) is 14.7. The number of primary amides is 1. The number of benzene rings is 3. The summed E-state index contributed by atoms with van der Waals surface area (Å²) in [5.41, 5.74) is 10.6. The summed E-state index contributed by atoms with van der Waals surface area (Å²) in [5.74, 6) is -6.97. The molecular formula is C87H121Br4N15O16. The molecule has 3 aromatic carbocycles. The Morgan fingerprint density at radius 1 is 0.582 bits per heavy atom. The first-order valence-corrected chi connectivity index (χ1v) is 45.7. The molecule has 35 heteroatoms. The third-order valence-corrected chi connectivity index (χ3v) is 23.8. The molecular weight excluding hydrogens is 1830 g/mol. The number of alkyl halides is 4. The molecule has 1 saturated heterocycles. The van der Waals surface area contributed by atoms with Crippen LogP contribution >= 0.6 is 63.7 Å². The molecule has 0 radical (unpaired) electrons. The largest absolute Gasteiger partial charge is 0.445 e. The highest BCUT2D eigenvalue weighted by Crippen LogP contribution is 2.32. The number of methoxy groups -OCH3 is 2. The number of hydrogen-bond acceptors (Lipinski definition) is 18. The third-order valence-electron chi connectivity index (χ3n) is 21.5. The van der Waals surface area contributed by atoms with Gasteiger partial charge in [0.25, 0.3) is 17.7 Å². The Labute approximate surface area is 749 Å². The van der Waals surface area contributed by atoms with Crippen molar-refractivity contribution in [2.75, 3.05) is 63.9 Å². The lowest BCUT2D eigenvalue weighted by atomic mass is 9.89. The van der Waals surface area contributed by atoms with Crippen LogP contribution in [0.15, 0.2) is 97.1 Å². The number of hydrogen-bond donors (Lipinski definition) is 11. The van der Waals surface area contributed by atoms with Gasteiger partial charge in [0.2, 0.25) is 41.4 Å². The number of halogens is 4. The summed E-state index contributed by atoms with van der Waals surface area (Å²) in [6.07, 6.45) is 0.121. The van der Waals surface area contributed by atoms with Crippen molar-refractivity contribution in [1.29, 1.82) is 0 Å². The van der Waals surface area contributed by atoms with Crippen molar-refractivity contribution in [3.05, 3.63) is 148 Å². The van der Waals surface area contributed by atoms with E-state index in [1.807, 2.05) is 32.0 Å². The molecule has 31 nitrogen and oxygen atoms in total. The van der Waals surface area contributed by atoms with Crippen molar-refractivity contribution in [3.63, 3.8) is 0 Å². The summed E-state index contributed by atoms with van der Waals surface area (Å²) in [6, 6.07) is 19.6. The zero-order chi connectivity index (χ0) is 90.2. The van der Waals surface area contributed by atoms with Gasteiger partial charge < -0.3 is 82.7 Å². The number of rotatable bonds is 47. The summed E-state index contributed by atoms with van der Waals surface area (Å²) in [7, 11) is 6.06. The Kier molecular flexibility index (Phi) is 42.3. The second-order valence-electron chi connectivity index (χ2n) is 31.8. The van der Waals surface area contributed by atoms with Crippen LogP contribution in [0.1, 0.15) is 205 Å². The number of carbonyl (C=O) groups excluding carboxylic acids is 12. The Balaban J connectivity index is 1.02. The van der Waals surface area contributed by atoms with Crippen molar-refractivity contribution in [2.45, 2.75) is 222 Å². The van der Waals surface area contributed by atoms with Gasteiger partial charge in [0.05, 0.1) is 71.6 Å². The highest BCUT2D eigenvalue weighted by Gasteiger charge is 2.44.